The summed E-state index contributed by atoms with van der Waals surface area (Å²) in [5.74, 6) is 2.02. The van der Waals surface area contributed by atoms with E-state index in [1.165, 1.54) is 0 Å². The summed E-state index contributed by atoms with van der Waals surface area (Å²) in [7, 11) is 2.08. The number of amides is 1. The third-order valence-electron chi connectivity index (χ3n) is 5.25. The van der Waals surface area contributed by atoms with Gasteiger partial charge in [-0.2, -0.15) is 5.10 Å². The van der Waals surface area contributed by atoms with Crippen LogP contribution in [0.1, 0.15) is 23.3 Å². The minimum Gasteiger partial charge on any atom is -0.355 e. The van der Waals surface area contributed by atoms with E-state index in [1.54, 1.807) is 30.9 Å². The second-order valence-corrected chi connectivity index (χ2v) is 6.42. The molecule has 2 aliphatic rings. The predicted molar refractivity (Wildman–Crippen MR) is 84.9 cm³/mol. The zero-order chi connectivity index (χ0) is 15.8. The number of nitrogens with zero attached hydrogens (tertiary/aromatic N) is 5. The smallest absolute Gasteiger partial charge is 0.271 e. The highest BCUT2D eigenvalue weighted by molar-refractivity contribution is 5.92. The van der Waals surface area contributed by atoms with Crippen LogP contribution >= 0.6 is 0 Å². The zero-order valence-electron chi connectivity index (χ0n) is 13.1. The maximum atomic E-state index is 12.5. The third kappa shape index (κ3) is 2.46. The zero-order valence-corrected chi connectivity index (χ0v) is 13.1. The van der Waals surface area contributed by atoms with Crippen molar-refractivity contribution in [2.45, 2.75) is 18.9 Å². The monoisotopic (exact) mass is 312 g/mol. The van der Waals surface area contributed by atoms with Crippen LogP contribution in [0.3, 0.4) is 0 Å². The van der Waals surface area contributed by atoms with E-state index in [-0.39, 0.29) is 5.91 Å². The lowest BCUT2D eigenvalue weighted by Gasteiger charge is -2.30. The molecule has 3 atom stereocenters. The van der Waals surface area contributed by atoms with Crippen LogP contribution in [0.2, 0.25) is 0 Å². The van der Waals surface area contributed by atoms with Gasteiger partial charge in [0.05, 0.1) is 6.20 Å². The highest BCUT2D eigenvalue weighted by Crippen LogP contribution is 2.41. The number of rotatable bonds is 3. The van der Waals surface area contributed by atoms with E-state index in [0.29, 0.717) is 23.6 Å². The molecule has 1 aliphatic heterocycles. The largest absolute Gasteiger partial charge is 0.355 e. The van der Waals surface area contributed by atoms with Crippen molar-refractivity contribution >= 4 is 11.7 Å². The van der Waals surface area contributed by atoms with Crippen molar-refractivity contribution in [1.29, 1.82) is 0 Å². The average Bonchev–Trinajstić information content (AvgIpc) is 3.30. The Balaban J connectivity index is 1.48. The Morgan fingerprint density at radius 2 is 2.22 bits per heavy atom. The number of hydrogen-bond donors (Lipinski definition) is 1. The fraction of sp³-hybridized carbons (Fsp3) is 0.500. The summed E-state index contributed by atoms with van der Waals surface area (Å²) < 4.78 is 0. The van der Waals surface area contributed by atoms with E-state index < -0.39 is 0 Å². The first-order valence-corrected chi connectivity index (χ1v) is 8.01. The fourth-order valence-corrected chi connectivity index (χ4v) is 4.07. The van der Waals surface area contributed by atoms with Crippen molar-refractivity contribution in [2.75, 3.05) is 25.0 Å². The second kappa shape index (κ2) is 5.64. The van der Waals surface area contributed by atoms with Gasteiger partial charge in [-0.15, -0.1) is 0 Å². The Morgan fingerprint density at radius 1 is 1.30 bits per heavy atom. The summed E-state index contributed by atoms with van der Waals surface area (Å²) in [5.41, 5.74) is 0.573. The molecule has 7 nitrogen and oxygen atoms in total. The quantitative estimate of drug-likeness (QED) is 0.921. The molecule has 7 heteroatoms. The van der Waals surface area contributed by atoms with Gasteiger partial charge in [-0.1, -0.05) is 0 Å². The molecule has 1 saturated heterocycles. The van der Waals surface area contributed by atoms with Crippen LogP contribution in [-0.4, -0.2) is 57.2 Å². The van der Waals surface area contributed by atoms with Gasteiger partial charge in [0.25, 0.3) is 5.91 Å². The molecule has 1 amide bonds. The Hall–Kier alpha value is -2.44. The molecular weight excluding hydrogens is 292 g/mol. The van der Waals surface area contributed by atoms with Gasteiger partial charge in [-0.05, 0) is 24.8 Å². The lowest BCUT2D eigenvalue weighted by atomic mass is 9.97. The fourth-order valence-electron chi connectivity index (χ4n) is 4.07. The average molecular weight is 312 g/mol. The van der Waals surface area contributed by atoms with Gasteiger partial charge in [0.1, 0.15) is 11.5 Å². The molecule has 0 radical (unpaired) electrons. The maximum absolute atomic E-state index is 12.5. The number of carbonyl (C=O) groups is 1. The lowest BCUT2D eigenvalue weighted by Crippen LogP contribution is -2.39. The number of hydrogen-bond acceptors (Lipinski definition) is 5. The highest BCUT2D eigenvalue weighted by atomic mass is 16.2. The van der Waals surface area contributed by atoms with Crippen LogP contribution in [0.5, 0.6) is 0 Å². The van der Waals surface area contributed by atoms with Crippen molar-refractivity contribution in [3.63, 3.8) is 0 Å². The molecule has 0 aromatic carbocycles. The van der Waals surface area contributed by atoms with E-state index in [1.807, 2.05) is 4.90 Å². The Bertz CT molecular complexity index is 673. The van der Waals surface area contributed by atoms with Gasteiger partial charge in [-0.25, -0.2) is 4.98 Å². The first kappa shape index (κ1) is 14.2. The molecule has 120 valence electrons. The molecule has 2 aromatic rings. The van der Waals surface area contributed by atoms with Crippen LogP contribution in [-0.2, 0) is 0 Å². The Kier molecular flexibility index (Phi) is 3.48. The molecule has 0 spiro atoms. The Labute approximate surface area is 134 Å². The minimum atomic E-state index is 0.0535. The van der Waals surface area contributed by atoms with E-state index in [0.717, 1.165) is 31.7 Å². The summed E-state index contributed by atoms with van der Waals surface area (Å²) in [4.78, 5) is 25.2. The SMILES string of the molecule is CN(c1cnccn1)[C@@H]1CC[C@@H]2CN(C(=O)c3ccn[nH]3)C[C@@H]21. The van der Waals surface area contributed by atoms with Crippen LogP contribution in [0, 0.1) is 11.8 Å². The van der Waals surface area contributed by atoms with Crippen LogP contribution < -0.4 is 4.90 Å². The molecule has 0 unspecified atom stereocenters. The number of aromatic amines is 1. The predicted octanol–water partition coefficient (Wildman–Crippen LogP) is 1.19. The minimum absolute atomic E-state index is 0.0535. The van der Waals surface area contributed by atoms with Crippen molar-refractivity contribution in [2.24, 2.45) is 11.8 Å². The molecule has 1 saturated carbocycles. The summed E-state index contributed by atoms with van der Waals surface area (Å²) in [6, 6.07) is 2.15. The van der Waals surface area contributed by atoms with Crippen molar-refractivity contribution in [3.05, 3.63) is 36.5 Å². The number of aromatic nitrogens is 4. The molecule has 3 heterocycles. The molecular formula is C16H20N6O. The molecule has 23 heavy (non-hydrogen) atoms. The van der Waals surface area contributed by atoms with Gasteiger partial charge in [0.15, 0.2) is 0 Å². The highest BCUT2D eigenvalue weighted by Gasteiger charge is 2.45. The van der Waals surface area contributed by atoms with Gasteiger partial charge in [0, 0.05) is 50.7 Å². The van der Waals surface area contributed by atoms with Crippen LogP contribution in [0.4, 0.5) is 5.82 Å². The van der Waals surface area contributed by atoms with Crippen molar-refractivity contribution in [1.82, 2.24) is 25.1 Å². The summed E-state index contributed by atoms with van der Waals surface area (Å²) in [5, 5.41) is 6.64. The first-order chi connectivity index (χ1) is 11.2. The molecule has 4 rings (SSSR count). The number of H-pyrrole nitrogens is 1. The first-order valence-electron chi connectivity index (χ1n) is 8.01. The summed E-state index contributed by atoms with van der Waals surface area (Å²) in [6.07, 6.45) is 9.14. The van der Waals surface area contributed by atoms with Crippen LogP contribution in [0.25, 0.3) is 0 Å². The summed E-state index contributed by atoms with van der Waals surface area (Å²) in [6.45, 7) is 1.64. The maximum Gasteiger partial charge on any atom is 0.271 e. The topological polar surface area (TPSA) is 78.0 Å². The van der Waals surface area contributed by atoms with Crippen molar-refractivity contribution in [3.8, 4) is 0 Å². The second-order valence-electron chi connectivity index (χ2n) is 6.42. The van der Waals surface area contributed by atoms with Gasteiger partial charge in [0.2, 0.25) is 0 Å². The van der Waals surface area contributed by atoms with Crippen molar-refractivity contribution < 1.29 is 4.79 Å². The number of carbonyl (C=O) groups excluding carboxylic acids is 1. The number of nitrogens with one attached hydrogen (secondary N) is 1. The van der Waals surface area contributed by atoms with Gasteiger partial charge < -0.3 is 9.80 Å². The van der Waals surface area contributed by atoms with E-state index in [9.17, 15) is 4.79 Å². The van der Waals surface area contributed by atoms with E-state index in [4.69, 9.17) is 0 Å². The lowest BCUT2D eigenvalue weighted by molar-refractivity contribution is 0.0773. The van der Waals surface area contributed by atoms with Gasteiger partial charge >= 0.3 is 0 Å². The van der Waals surface area contributed by atoms with Crippen LogP contribution in [0.15, 0.2) is 30.9 Å². The number of likely N-dealkylation sites (tertiary alicyclic amines) is 1. The summed E-state index contributed by atoms with van der Waals surface area (Å²) >= 11 is 0. The molecule has 1 aliphatic carbocycles. The number of fused-ring (bicyclic) bond motifs is 1. The standard InChI is InChI=1S/C16H20N6O/c1-21(15-8-17-6-7-18-15)14-3-2-11-9-22(10-12(11)14)16(23)13-4-5-19-20-13/h4-8,11-12,14H,2-3,9-10H2,1H3,(H,19,20)/t11-,12+,14-/m1/s1. The third-order valence-corrected chi connectivity index (χ3v) is 5.25. The molecule has 1 N–H and O–H groups in total. The Morgan fingerprint density at radius 3 is 2.96 bits per heavy atom. The number of anilines is 1. The molecule has 0 bridgehead atoms. The molecule has 2 aromatic heterocycles. The molecule has 2 fully saturated rings. The van der Waals surface area contributed by atoms with Gasteiger partial charge in [-0.3, -0.25) is 14.9 Å². The van der Waals surface area contributed by atoms with E-state index in [2.05, 4.69) is 32.1 Å². The normalized spacial score (nSPS) is 26.3. The van der Waals surface area contributed by atoms with E-state index >= 15 is 0 Å².